The number of nitrogens with two attached hydrogens (primary N) is 1. The van der Waals surface area contributed by atoms with Crippen LogP contribution in [0.25, 0.3) is 0 Å². The van der Waals surface area contributed by atoms with Crippen molar-refractivity contribution >= 4 is 35.4 Å². The third kappa shape index (κ3) is 20.4. The lowest BCUT2D eigenvalue weighted by molar-refractivity contribution is -0.131. The molecule has 0 saturated heterocycles. The number of benzene rings is 1. The number of hydrogen-bond acceptors (Lipinski definition) is 10. The number of hydrogen-bond donors (Lipinski definition) is 8. The second-order valence-electron chi connectivity index (χ2n) is 9.22. The number of aliphatic hydroxyl groups is 1. The van der Waals surface area contributed by atoms with Crippen LogP contribution >= 0.6 is 0 Å². The van der Waals surface area contributed by atoms with Gasteiger partial charge in [-0.15, -0.1) is 0 Å². The summed E-state index contributed by atoms with van der Waals surface area (Å²) in [6.45, 7) is -0.711. The minimum atomic E-state index is -1.04. The predicted molar refractivity (Wildman–Crippen MR) is 154 cm³/mol. The average molecular weight is 610 g/mol. The Morgan fingerprint density at radius 3 is 2.14 bits per heavy atom. The van der Waals surface area contributed by atoms with Crippen molar-refractivity contribution in [3.8, 4) is 0 Å². The average Bonchev–Trinajstić information content (AvgIpc) is 2.99. The van der Waals surface area contributed by atoms with Gasteiger partial charge in [0.15, 0.2) is 0 Å². The molecule has 1 atom stereocenters. The Kier molecular flexibility index (Phi) is 20.1. The monoisotopic (exact) mass is 609 g/mol. The SMILES string of the molecule is NC(=O)COCCOCNC(=O)CNC(=O)[C@H](Cc1ccccc1)NC(=O)CNC(=O)CNC(=O)CCCCCNCO. The van der Waals surface area contributed by atoms with Gasteiger partial charge in [0.05, 0.1) is 39.6 Å². The van der Waals surface area contributed by atoms with Gasteiger partial charge < -0.3 is 46.9 Å². The van der Waals surface area contributed by atoms with Crippen LogP contribution in [0.5, 0.6) is 0 Å². The Labute approximate surface area is 250 Å². The van der Waals surface area contributed by atoms with Crippen LogP contribution in [0.4, 0.5) is 0 Å². The van der Waals surface area contributed by atoms with E-state index in [2.05, 4.69) is 31.9 Å². The van der Waals surface area contributed by atoms with Crippen molar-refractivity contribution in [3.63, 3.8) is 0 Å². The van der Waals surface area contributed by atoms with E-state index in [-0.39, 0.29) is 65.1 Å². The molecule has 0 aliphatic rings. The Morgan fingerprint density at radius 1 is 0.767 bits per heavy atom. The standard InChI is InChI=1S/C27H43N7O9/c28-22(36)17-42-11-12-43-19-33-25(39)15-32-27(41)21(13-20-7-3-1-4-8-20)34-26(40)16-31-24(38)14-30-23(37)9-5-2-6-10-29-18-35/h1,3-4,7-8,21,29,35H,2,5-6,9-19H2,(H2,28,36)(H,30,37)(H,31,38)(H,32,41)(H,33,39)(H,34,40)/t21-/m0/s1. The molecule has 0 spiro atoms. The zero-order chi connectivity index (χ0) is 31.7. The second kappa shape index (κ2) is 23.4. The number of carbonyl (C=O) groups is 6. The zero-order valence-corrected chi connectivity index (χ0v) is 24.2. The van der Waals surface area contributed by atoms with E-state index >= 15 is 0 Å². The maximum atomic E-state index is 12.8. The number of primary amides is 1. The first kappa shape index (κ1) is 36.9. The van der Waals surface area contributed by atoms with Crippen molar-refractivity contribution in [3.05, 3.63) is 35.9 Å². The predicted octanol–water partition coefficient (Wildman–Crippen LogP) is -3.25. The molecule has 1 aromatic rings. The number of unbranched alkanes of at least 4 members (excludes halogenated alkanes) is 2. The van der Waals surface area contributed by atoms with Crippen LogP contribution in [0, 0.1) is 0 Å². The molecule has 9 N–H and O–H groups in total. The lowest BCUT2D eigenvalue weighted by Gasteiger charge is -2.19. The molecular formula is C27H43N7O9. The summed E-state index contributed by atoms with van der Waals surface area (Å²) in [6, 6.07) is 7.88. The van der Waals surface area contributed by atoms with Crippen LogP contribution in [0.3, 0.4) is 0 Å². The van der Waals surface area contributed by atoms with Crippen LogP contribution in [0.1, 0.15) is 31.2 Å². The van der Waals surface area contributed by atoms with E-state index in [1.54, 1.807) is 30.3 Å². The van der Waals surface area contributed by atoms with Crippen molar-refractivity contribution < 1.29 is 43.3 Å². The van der Waals surface area contributed by atoms with Crippen molar-refractivity contribution in [2.24, 2.45) is 5.73 Å². The second-order valence-corrected chi connectivity index (χ2v) is 9.22. The summed E-state index contributed by atoms with van der Waals surface area (Å²) >= 11 is 0. The molecule has 43 heavy (non-hydrogen) atoms. The van der Waals surface area contributed by atoms with Gasteiger partial charge in [0, 0.05) is 12.8 Å². The third-order valence-corrected chi connectivity index (χ3v) is 5.61. The normalized spacial score (nSPS) is 11.2. The molecule has 0 radical (unpaired) electrons. The molecule has 1 rings (SSSR count). The summed E-state index contributed by atoms with van der Waals surface area (Å²) in [7, 11) is 0. The maximum Gasteiger partial charge on any atom is 0.243 e. The Morgan fingerprint density at radius 2 is 1.42 bits per heavy atom. The number of nitrogens with one attached hydrogen (secondary N) is 6. The van der Waals surface area contributed by atoms with E-state index in [0.29, 0.717) is 13.0 Å². The minimum Gasteiger partial charge on any atom is -0.381 e. The van der Waals surface area contributed by atoms with E-state index in [9.17, 15) is 28.8 Å². The summed E-state index contributed by atoms with van der Waals surface area (Å²) in [5.74, 6) is -3.26. The zero-order valence-electron chi connectivity index (χ0n) is 24.2. The molecule has 0 heterocycles. The number of aliphatic hydroxyl groups excluding tert-OH is 1. The van der Waals surface area contributed by atoms with E-state index in [1.165, 1.54) is 0 Å². The molecular weight excluding hydrogens is 566 g/mol. The van der Waals surface area contributed by atoms with Gasteiger partial charge in [-0.2, -0.15) is 0 Å². The maximum absolute atomic E-state index is 12.8. The van der Waals surface area contributed by atoms with Gasteiger partial charge in [0.1, 0.15) is 19.4 Å². The minimum absolute atomic E-state index is 0.0926. The first-order valence-electron chi connectivity index (χ1n) is 13.9. The smallest absolute Gasteiger partial charge is 0.243 e. The van der Waals surface area contributed by atoms with Gasteiger partial charge in [-0.25, -0.2) is 0 Å². The molecule has 0 aliphatic carbocycles. The summed E-state index contributed by atoms with van der Waals surface area (Å²) in [4.78, 5) is 71.9. The van der Waals surface area contributed by atoms with E-state index in [4.69, 9.17) is 20.3 Å². The molecule has 0 saturated carbocycles. The van der Waals surface area contributed by atoms with Crippen LogP contribution < -0.4 is 37.6 Å². The molecule has 16 heteroatoms. The Hall–Kier alpha value is -4.12. The highest BCUT2D eigenvalue weighted by molar-refractivity contribution is 5.92. The third-order valence-electron chi connectivity index (χ3n) is 5.61. The summed E-state index contributed by atoms with van der Waals surface area (Å²) in [5.41, 5.74) is 5.70. The van der Waals surface area contributed by atoms with Gasteiger partial charge in [-0.1, -0.05) is 36.8 Å². The number of rotatable bonds is 24. The quantitative estimate of drug-likeness (QED) is 0.0430. The Bertz CT molecular complexity index is 1010. The van der Waals surface area contributed by atoms with E-state index in [0.717, 1.165) is 18.4 Å². The van der Waals surface area contributed by atoms with Crippen LogP contribution in [0.15, 0.2) is 30.3 Å². The largest absolute Gasteiger partial charge is 0.381 e. The van der Waals surface area contributed by atoms with Gasteiger partial charge in [-0.3, -0.25) is 34.1 Å². The molecule has 16 nitrogen and oxygen atoms in total. The molecule has 0 unspecified atom stereocenters. The molecule has 0 aromatic heterocycles. The fourth-order valence-corrected chi connectivity index (χ4v) is 3.45. The molecule has 6 amide bonds. The van der Waals surface area contributed by atoms with E-state index < -0.39 is 42.1 Å². The first-order chi connectivity index (χ1) is 20.7. The topological polar surface area (TPSA) is 239 Å². The number of carbonyl (C=O) groups excluding carboxylic acids is 6. The molecule has 0 aliphatic heterocycles. The van der Waals surface area contributed by atoms with Gasteiger partial charge in [-0.05, 0) is 24.9 Å². The van der Waals surface area contributed by atoms with Crippen molar-refractivity contribution in [2.45, 2.75) is 38.1 Å². The van der Waals surface area contributed by atoms with Crippen LogP contribution in [-0.4, -0.2) is 106 Å². The highest BCUT2D eigenvalue weighted by atomic mass is 16.5. The number of ether oxygens (including phenoxy) is 2. The van der Waals surface area contributed by atoms with Gasteiger partial charge in [0.25, 0.3) is 0 Å². The van der Waals surface area contributed by atoms with Crippen molar-refractivity contribution in [1.82, 2.24) is 31.9 Å². The summed E-state index contributed by atoms with van der Waals surface area (Å²) in [5, 5.41) is 23.8. The van der Waals surface area contributed by atoms with Crippen molar-refractivity contribution in [1.29, 1.82) is 0 Å². The first-order valence-corrected chi connectivity index (χ1v) is 13.9. The van der Waals surface area contributed by atoms with Gasteiger partial charge in [0.2, 0.25) is 35.4 Å². The molecule has 0 bridgehead atoms. The summed E-state index contributed by atoms with van der Waals surface area (Å²) < 4.78 is 10.1. The van der Waals surface area contributed by atoms with Crippen LogP contribution in [-0.2, 0) is 44.7 Å². The molecule has 0 fully saturated rings. The Balaban J connectivity index is 2.42. The molecule has 1 aromatic carbocycles. The fraction of sp³-hybridized carbons (Fsp3) is 0.556. The molecule has 240 valence electrons. The fourth-order valence-electron chi connectivity index (χ4n) is 3.45. The van der Waals surface area contributed by atoms with Gasteiger partial charge >= 0.3 is 0 Å². The highest BCUT2D eigenvalue weighted by Crippen LogP contribution is 2.04. The summed E-state index contributed by atoms with van der Waals surface area (Å²) in [6.07, 6.45) is 2.63. The van der Waals surface area contributed by atoms with Crippen molar-refractivity contribution in [2.75, 3.05) is 59.5 Å². The van der Waals surface area contributed by atoms with E-state index in [1.807, 2.05) is 0 Å². The lowest BCUT2D eigenvalue weighted by Crippen LogP contribution is -2.52. The number of amides is 6. The van der Waals surface area contributed by atoms with Crippen LogP contribution in [0.2, 0.25) is 0 Å². The lowest BCUT2D eigenvalue weighted by atomic mass is 10.1. The highest BCUT2D eigenvalue weighted by Gasteiger charge is 2.22.